The molecule has 1 aliphatic heterocycles. The van der Waals surface area contributed by atoms with Gasteiger partial charge in [0.2, 0.25) is 0 Å². The molecule has 0 spiro atoms. The molecular formula is C31H26ClF5N2O2S. The summed E-state index contributed by atoms with van der Waals surface area (Å²) in [5.74, 6) is -1.42. The molecule has 1 atom stereocenters. The topological polar surface area (TPSA) is 34.5 Å². The van der Waals surface area contributed by atoms with Crippen molar-refractivity contribution in [3.05, 3.63) is 110 Å². The van der Waals surface area contributed by atoms with Gasteiger partial charge < -0.3 is 9.64 Å². The third kappa shape index (κ3) is 5.49. The lowest BCUT2D eigenvalue weighted by atomic mass is 9.92. The number of anilines is 1. The van der Waals surface area contributed by atoms with Crippen LogP contribution < -0.4 is 15.2 Å². The van der Waals surface area contributed by atoms with Gasteiger partial charge in [-0.2, -0.15) is 13.2 Å². The second-order valence-electron chi connectivity index (χ2n) is 10.0. The number of benzene rings is 3. The molecule has 220 valence electrons. The standard InChI is InChI=1S/C31H26ClF5N2O2S/c1-17-22(14-23-24(31(35,36)37)7-5-8-25(23)33)30-39(29(40)27(17)21-6-4-9-26(41-3)28(21)34)20(16-42-30)15-38(2)19-12-10-18(32)11-13-19/h4-13,20H,14-16H2,1-3H3. The van der Waals surface area contributed by atoms with E-state index >= 15 is 8.78 Å². The normalized spacial score (nSPS) is 14.6. The molecular weight excluding hydrogens is 595 g/mol. The molecule has 0 fully saturated rings. The quantitative estimate of drug-likeness (QED) is 0.195. The highest BCUT2D eigenvalue weighted by Gasteiger charge is 2.37. The summed E-state index contributed by atoms with van der Waals surface area (Å²) in [5, 5.41) is 1.01. The number of halogens is 6. The molecule has 4 aromatic rings. The van der Waals surface area contributed by atoms with Crippen LogP contribution in [0.5, 0.6) is 5.75 Å². The number of hydrogen-bond donors (Lipinski definition) is 0. The number of fused-ring (bicyclic) bond motifs is 1. The molecule has 1 aliphatic rings. The summed E-state index contributed by atoms with van der Waals surface area (Å²) in [6, 6.07) is 14.0. The fourth-order valence-electron chi connectivity index (χ4n) is 5.39. The number of rotatable bonds is 7. The Morgan fingerprint density at radius 1 is 1.05 bits per heavy atom. The molecule has 0 saturated heterocycles. The molecule has 0 amide bonds. The first-order chi connectivity index (χ1) is 19.9. The van der Waals surface area contributed by atoms with Crippen LogP contribution in [0.25, 0.3) is 11.1 Å². The molecule has 2 heterocycles. The Bertz CT molecular complexity index is 1710. The van der Waals surface area contributed by atoms with Crippen LogP contribution in [0.3, 0.4) is 0 Å². The Hall–Kier alpha value is -3.50. The van der Waals surface area contributed by atoms with Gasteiger partial charge in [0, 0.05) is 47.6 Å². The number of hydrogen-bond acceptors (Lipinski definition) is 4. The molecule has 0 bridgehead atoms. The van der Waals surface area contributed by atoms with Crippen molar-refractivity contribution in [3.8, 4) is 16.9 Å². The predicted molar refractivity (Wildman–Crippen MR) is 156 cm³/mol. The maximum Gasteiger partial charge on any atom is 0.416 e. The highest BCUT2D eigenvalue weighted by molar-refractivity contribution is 7.99. The van der Waals surface area contributed by atoms with E-state index in [1.165, 1.54) is 41.6 Å². The number of likely N-dealkylation sites (N-methyl/N-ethyl adjacent to an activating group) is 1. The second kappa shape index (κ2) is 11.6. The number of nitrogens with zero attached hydrogens (tertiary/aromatic N) is 2. The second-order valence-corrected chi connectivity index (χ2v) is 11.5. The van der Waals surface area contributed by atoms with Crippen LogP contribution in [0, 0.1) is 18.6 Å². The van der Waals surface area contributed by atoms with Gasteiger partial charge in [0.05, 0.1) is 29.3 Å². The maximum absolute atomic E-state index is 15.6. The van der Waals surface area contributed by atoms with E-state index in [1.54, 1.807) is 19.1 Å². The van der Waals surface area contributed by atoms with Gasteiger partial charge in [-0.15, -0.1) is 11.8 Å². The number of methoxy groups -OCH3 is 1. The summed E-state index contributed by atoms with van der Waals surface area (Å²) in [6.45, 7) is 1.94. The van der Waals surface area contributed by atoms with Crippen LogP contribution >= 0.6 is 23.4 Å². The van der Waals surface area contributed by atoms with Gasteiger partial charge in [-0.1, -0.05) is 29.8 Å². The van der Waals surface area contributed by atoms with Crippen LogP contribution in [0.1, 0.15) is 28.3 Å². The van der Waals surface area contributed by atoms with E-state index in [-0.39, 0.29) is 22.4 Å². The van der Waals surface area contributed by atoms with Crippen LogP contribution in [0.15, 0.2) is 70.5 Å². The van der Waals surface area contributed by atoms with Gasteiger partial charge in [0.1, 0.15) is 5.82 Å². The van der Waals surface area contributed by atoms with E-state index in [4.69, 9.17) is 16.3 Å². The van der Waals surface area contributed by atoms with E-state index in [0.717, 1.165) is 23.9 Å². The fraction of sp³-hybridized carbons (Fsp3) is 0.258. The Morgan fingerprint density at radius 3 is 2.40 bits per heavy atom. The van der Waals surface area contributed by atoms with Gasteiger partial charge in [-0.3, -0.25) is 9.36 Å². The average Bonchev–Trinajstić information content (AvgIpc) is 3.36. The van der Waals surface area contributed by atoms with Crippen molar-refractivity contribution in [1.82, 2.24) is 4.57 Å². The largest absolute Gasteiger partial charge is 0.494 e. The lowest BCUT2D eigenvalue weighted by Gasteiger charge is -2.26. The van der Waals surface area contributed by atoms with Gasteiger partial charge >= 0.3 is 6.18 Å². The molecule has 5 rings (SSSR count). The zero-order chi connectivity index (χ0) is 30.3. The van der Waals surface area contributed by atoms with Crippen molar-refractivity contribution >= 4 is 29.1 Å². The highest BCUT2D eigenvalue weighted by Crippen LogP contribution is 2.42. The van der Waals surface area contributed by atoms with Crippen molar-refractivity contribution in [2.75, 3.05) is 31.4 Å². The number of thioether (sulfide) groups is 1. The molecule has 1 aromatic heterocycles. The zero-order valence-corrected chi connectivity index (χ0v) is 24.4. The summed E-state index contributed by atoms with van der Waals surface area (Å²) >= 11 is 7.35. The van der Waals surface area contributed by atoms with Crippen LogP contribution in [-0.4, -0.2) is 31.0 Å². The highest BCUT2D eigenvalue weighted by atomic mass is 35.5. The zero-order valence-electron chi connectivity index (χ0n) is 22.9. The number of aromatic nitrogens is 1. The lowest BCUT2D eigenvalue weighted by molar-refractivity contribution is -0.138. The van der Waals surface area contributed by atoms with E-state index in [9.17, 15) is 18.0 Å². The molecule has 1 unspecified atom stereocenters. The van der Waals surface area contributed by atoms with Gasteiger partial charge in [-0.25, -0.2) is 8.78 Å². The third-order valence-corrected chi connectivity index (χ3v) is 9.02. The molecule has 11 heteroatoms. The van der Waals surface area contributed by atoms with Crippen molar-refractivity contribution in [2.24, 2.45) is 0 Å². The van der Waals surface area contributed by atoms with Crippen LogP contribution in [-0.2, 0) is 12.6 Å². The summed E-state index contributed by atoms with van der Waals surface area (Å²) in [5.41, 5.74) is -0.688. The van der Waals surface area contributed by atoms with Crippen molar-refractivity contribution in [2.45, 2.75) is 30.6 Å². The first-order valence-electron chi connectivity index (χ1n) is 13.0. The monoisotopic (exact) mass is 620 g/mol. The number of pyridine rings is 1. The Kier molecular flexibility index (Phi) is 8.31. The van der Waals surface area contributed by atoms with E-state index in [0.29, 0.717) is 27.9 Å². The summed E-state index contributed by atoms with van der Waals surface area (Å²) in [6.07, 6.45) is -5.23. The average molecular weight is 621 g/mol. The molecule has 0 saturated carbocycles. The third-order valence-electron chi connectivity index (χ3n) is 7.50. The smallest absolute Gasteiger partial charge is 0.416 e. The van der Waals surface area contributed by atoms with E-state index < -0.39 is 47.0 Å². The van der Waals surface area contributed by atoms with E-state index in [1.807, 2.05) is 24.1 Å². The molecule has 4 nitrogen and oxygen atoms in total. The molecule has 42 heavy (non-hydrogen) atoms. The minimum atomic E-state index is -4.79. The Balaban J connectivity index is 1.71. The lowest BCUT2D eigenvalue weighted by Crippen LogP contribution is -2.34. The Morgan fingerprint density at radius 2 is 1.74 bits per heavy atom. The summed E-state index contributed by atoms with van der Waals surface area (Å²) in [7, 11) is 3.15. The van der Waals surface area contributed by atoms with Gasteiger partial charge in [-0.05, 0) is 60.5 Å². The van der Waals surface area contributed by atoms with Gasteiger partial charge in [0.15, 0.2) is 11.6 Å². The Labute approximate surface area is 248 Å². The molecule has 3 aromatic carbocycles. The summed E-state index contributed by atoms with van der Waals surface area (Å²) in [4.78, 5) is 16.1. The summed E-state index contributed by atoms with van der Waals surface area (Å²) < 4.78 is 79.0. The first kappa shape index (κ1) is 30.0. The minimum Gasteiger partial charge on any atom is -0.494 e. The van der Waals surface area contributed by atoms with Gasteiger partial charge in [0.25, 0.3) is 5.56 Å². The first-order valence-corrected chi connectivity index (χ1v) is 14.3. The van der Waals surface area contributed by atoms with Crippen molar-refractivity contribution in [3.63, 3.8) is 0 Å². The molecule has 0 N–H and O–H groups in total. The molecule has 0 aliphatic carbocycles. The van der Waals surface area contributed by atoms with Crippen molar-refractivity contribution in [1.29, 1.82) is 0 Å². The maximum atomic E-state index is 15.6. The van der Waals surface area contributed by atoms with Crippen molar-refractivity contribution < 1.29 is 26.7 Å². The fourth-order valence-corrected chi connectivity index (χ4v) is 6.89. The minimum absolute atomic E-state index is 0.00306. The predicted octanol–water partition coefficient (Wildman–Crippen LogP) is 8.16. The number of alkyl halides is 3. The molecule has 0 radical (unpaired) electrons. The SMILES string of the molecule is COc1cccc(-c2c(C)c(Cc3c(F)cccc3C(F)(F)F)c3n(c2=O)C(CN(C)c2ccc(Cl)cc2)CS3)c1F. The van der Waals surface area contributed by atoms with Crippen LogP contribution in [0.2, 0.25) is 5.02 Å². The van der Waals surface area contributed by atoms with Crippen LogP contribution in [0.4, 0.5) is 27.6 Å². The number of ether oxygens (including phenoxy) is 1. The van der Waals surface area contributed by atoms with E-state index in [2.05, 4.69) is 0 Å².